The van der Waals surface area contributed by atoms with Gasteiger partial charge in [0, 0.05) is 17.0 Å². The fourth-order valence-electron chi connectivity index (χ4n) is 9.00. The van der Waals surface area contributed by atoms with E-state index in [9.17, 15) is 14.7 Å². The standard InChI is InChI=1S/C31H40O3/c1-20(32)23-7-5-22(6-8-23)13-16-31(34)18-17-29(3)24(19-31)9-10-25-27-12-11-26(21(2)33)30(27,4)15-14-28(25)29/h5-8,24-28,34H,9-12,14-15,17-19H2,1-4H3/t24?,25-,26+,27-,28-,29-,30+,31?/m0/s1. The Bertz CT molecular complexity index is 1040. The third-order valence-corrected chi connectivity index (χ3v) is 10.9. The van der Waals surface area contributed by atoms with Crippen LogP contribution in [-0.2, 0) is 4.79 Å². The Morgan fingerprint density at radius 2 is 1.59 bits per heavy atom. The minimum absolute atomic E-state index is 0.0535. The van der Waals surface area contributed by atoms with Crippen LogP contribution in [0.2, 0.25) is 0 Å². The first kappa shape index (κ1) is 23.8. The highest BCUT2D eigenvalue weighted by molar-refractivity contribution is 5.94. The number of hydrogen-bond acceptors (Lipinski definition) is 3. The van der Waals surface area contributed by atoms with Crippen molar-refractivity contribution in [2.45, 2.75) is 91.1 Å². The zero-order valence-electron chi connectivity index (χ0n) is 21.3. The lowest BCUT2D eigenvalue weighted by Gasteiger charge is -2.61. The summed E-state index contributed by atoms with van der Waals surface area (Å²) in [6, 6.07) is 7.37. The maximum absolute atomic E-state index is 12.4. The smallest absolute Gasteiger partial charge is 0.159 e. The predicted molar refractivity (Wildman–Crippen MR) is 134 cm³/mol. The molecule has 34 heavy (non-hydrogen) atoms. The van der Waals surface area contributed by atoms with Gasteiger partial charge in [0.1, 0.15) is 11.4 Å². The summed E-state index contributed by atoms with van der Waals surface area (Å²) in [6.07, 6.45) is 9.68. The maximum atomic E-state index is 12.4. The molecule has 1 N–H and O–H groups in total. The monoisotopic (exact) mass is 460 g/mol. The van der Waals surface area contributed by atoms with Crippen LogP contribution in [0.4, 0.5) is 0 Å². The second-order valence-electron chi connectivity index (χ2n) is 12.6. The second-order valence-corrected chi connectivity index (χ2v) is 12.6. The molecule has 1 aromatic carbocycles. The molecule has 4 aliphatic carbocycles. The summed E-state index contributed by atoms with van der Waals surface area (Å²) in [7, 11) is 0. The lowest BCUT2D eigenvalue weighted by Crippen LogP contribution is -2.56. The Balaban J connectivity index is 1.32. The Hall–Kier alpha value is -1.92. The van der Waals surface area contributed by atoms with Crippen molar-refractivity contribution < 1.29 is 14.7 Å². The Kier molecular flexibility index (Phi) is 5.84. The van der Waals surface area contributed by atoms with Gasteiger partial charge in [0.15, 0.2) is 5.78 Å². The van der Waals surface area contributed by atoms with Crippen LogP contribution in [0, 0.1) is 52.3 Å². The molecule has 8 atom stereocenters. The zero-order valence-corrected chi connectivity index (χ0v) is 21.3. The normalized spacial score (nSPS) is 43.0. The van der Waals surface area contributed by atoms with Crippen LogP contribution in [-0.4, -0.2) is 22.3 Å². The van der Waals surface area contributed by atoms with Gasteiger partial charge in [-0.1, -0.05) is 37.8 Å². The van der Waals surface area contributed by atoms with Crippen molar-refractivity contribution in [1.82, 2.24) is 0 Å². The minimum atomic E-state index is -0.924. The molecule has 0 heterocycles. The van der Waals surface area contributed by atoms with E-state index in [1.54, 1.807) is 6.92 Å². The van der Waals surface area contributed by atoms with Gasteiger partial charge in [-0.25, -0.2) is 0 Å². The summed E-state index contributed by atoms with van der Waals surface area (Å²) in [5.41, 5.74) is 1.09. The quantitative estimate of drug-likeness (QED) is 0.421. The first-order chi connectivity index (χ1) is 16.1. The van der Waals surface area contributed by atoms with Crippen molar-refractivity contribution in [3.05, 3.63) is 35.4 Å². The number of hydrogen-bond donors (Lipinski definition) is 1. The molecular weight excluding hydrogens is 420 g/mol. The van der Waals surface area contributed by atoms with Crippen molar-refractivity contribution in [2.24, 2.45) is 40.4 Å². The molecule has 0 radical (unpaired) electrons. The van der Waals surface area contributed by atoms with Crippen molar-refractivity contribution in [3.63, 3.8) is 0 Å². The van der Waals surface area contributed by atoms with Crippen molar-refractivity contribution in [2.75, 3.05) is 0 Å². The zero-order chi connectivity index (χ0) is 24.3. The third kappa shape index (κ3) is 3.78. The van der Waals surface area contributed by atoms with E-state index < -0.39 is 5.60 Å². The van der Waals surface area contributed by atoms with E-state index in [-0.39, 0.29) is 22.5 Å². The molecule has 0 spiro atoms. The summed E-state index contributed by atoms with van der Waals surface area (Å²) in [4.78, 5) is 23.9. The average molecular weight is 461 g/mol. The second kappa shape index (κ2) is 8.34. The molecule has 182 valence electrons. The lowest BCUT2D eigenvalue weighted by atomic mass is 9.44. The first-order valence-electron chi connectivity index (χ1n) is 13.4. The Morgan fingerprint density at radius 1 is 0.882 bits per heavy atom. The number of carbonyl (C=O) groups is 2. The van der Waals surface area contributed by atoms with E-state index in [4.69, 9.17) is 0 Å². The molecule has 3 nitrogen and oxygen atoms in total. The van der Waals surface area contributed by atoms with E-state index in [0.717, 1.165) is 37.2 Å². The van der Waals surface area contributed by atoms with Crippen molar-refractivity contribution in [1.29, 1.82) is 0 Å². The fourth-order valence-corrected chi connectivity index (χ4v) is 9.00. The fraction of sp³-hybridized carbons (Fsp3) is 0.677. The van der Waals surface area contributed by atoms with Crippen LogP contribution in [0.1, 0.15) is 101 Å². The summed E-state index contributed by atoms with van der Waals surface area (Å²) in [5, 5.41) is 11.4. The van der Waals surface area contributed by atoms with Gasteiger partial charge in [-0.2, -0.15) is 0 Å². The van der Waals surface area contributed by atoms with E-state index in [0.29, 0.717) is 29.1 Å². The number of carbonyl (C=O) groups excluding carboxylic acids is 2. The number of ketones is 2. The maximum Gasteiger partial charge on any atom is 0.159 e. The summed E-state index contributed by atoms with van der Waals surface area (Å²) in [6.45, 7) is 8.29. The number of fused-ring (bicyclic) bond motifs is 5. The molecule has 4 saturated carbocycles. The third-order valence-electron chi connectivity index (χ3n) is 10.9. The lowest BCUT2D eigenvalue weighted by molar-refractivity contribution is -0.144. The van der Waals surface area contributed by atoms with Gasteiger partial charge in [-0.3, -0.25) is 9.59 Å². The van der Waals surface area contributed by atoms with Crippen molar-refractivity contribution >= 4 is 11.6 Å². The minimum Gasteiger partial charge on any atom is -0.378 e. The number of Topliss-reactive ketones (excluding diaryl/α,β-unsaturated/α-hetero) is 2. The van der Waals surface area contributed by atoms with Gasteiger partial charge in [0.05, 0.1) is 0 Å². The van der Waals surface area contributed by atoms with Crippen LogP contribution in [0.15, 0.2) is 24.3 Å². The highest BCUT2D eigenvalue weighted by atomic mass is 16.3. The molecule has 2 unspecified atom stereocenters. The van der Waals surface area contributed by atoms with E-state index in [1.165, 1.54) is 32.1 Å². The first-order valence-corrected chi connectivity index (χ1v) is 13.4. The number of rotatable bonds is 2. The van der Waals surface area contributed by atoms with E-state index >= 15 is 0 Å². The van der Waals surface area contributed by atoms with E-state index in [2.05, 4.69) is 25.7 Å². The summed E-state index contributed by atoms with van der Waals surface area (Å²) < 4.78 is 0. The molecule has 3 heteroatoms. The van der Waals surface area contributed by atoms with Gasteiger partial charge in [-0.15, -0.1) is 0 Å². The largest absolute Gasteiger partial charge is 0.378 e. The van der Waals surface area contributed by atoms with Gasteiger partial charge in [0.25, 0.3) is 0 Å². The number of benzene rings is 1. The molecule has 0 amide bonds. The summed E-state index contributed by atoms with van der Waals surface area (Å²) >= 11 is 0. The Labute approximate surface area is 205 Å². The van der Waals surface area contributed by atoms with Gasteiger partial charge in [0.2, 0.25) is 0 Å². The van der Waals surface area contributed by atoms with Crippen molar-refractivity contribution in [3.8, 4) is 11.8 Å². The van der Waals surface area contributed by atoms with Gasteiger partial charge >= 0.3 is 0 Å². The Morgan fingerprint density at radius 3 is 2.26 bits per heavy atom. The molecule has 4 aliphatic rings. The molecule has 4 fully saturated rings. The van der Waals surface area contributed by atoms with Crippen LogP contribution in [0.5, 0.6) is 0 Å². The summed E-state index contributed by atoms with van der Waals surface area (Å²) in [5.74, 6) is 9.80. The molecule has 5 rings (SSSR count). The predicted octanol–water partition coefficient (Wildman–Crippen LogP) is 6.22. The molecule has 0 aromatic heterocycles. The molecule has 0 saturated heterocycles. The average Bonchev–Trinajstić information content (AvgIpc) is 3.16. The van der Waals surface area contributed by atoms with Gasteiger partial charge < -0.3 is 5.11 Å². The number of aliphatic hydroxyl groups is 1. The van der Waals surface area contributed by atoms with Gasteiger partial charge in [-0.05, 0) is 118 Å². The molecule has 0 aliphatic heterocycles. The topological polar surface area (TPSA) is 54.4 Å². The molecule has 1 aromatic rings. The molecular formula is C31H40O3. The van der Waals surface area contributed by atoms with Crippen LogP contribution >= 0.6 is 0 Å². The van der Waals surface area contributed by atoms with Crippen LogP contribution in [0.25, 0.3) is 0 Å². The SMILES string of the molecule is CC(=O)c1ccc(C#CC2(O)CC[C@@]3(C)C(CC[C@H]4[C@@H]5CC[C@H](C(C)=O)[C@@]5(C)CC[C@@H]43)C2)cc1. The van der Waals surface area contributed by atoms with Crippen LogP contribution < -0.4 is 0 Å². The highest BCUT2D eigenvalue weighted by Crippen LogP contribution is 2.68. The van der Waals surface area contributed by atoms with E-state index in [1.807, 2.05) is 31.2 Å². The molecule has 0 bridgehead atoms. The van der Waals surface area contributed by atoms with Crippen LogP contribution in [0.3, 0.4) is 0 Å². The highest BCUT2D eigenvalue weighted by Gasteiger charge is 2.61.